The third-order valence-corrected chi connectivity index (χ3v) is 6.38. The molecule has 4 aromatic carbocycles. The topological polar surface area (TPSA) is 114 Å². The normalized spacial score (nSPS) is 11.6. The monoisotopic (exact) mass is 562 g/mol. The predicted octanol–water partition coefficient (Wildman–Crippen LogP) is 9.06. The van der Waals surface area contributed by atoms with Crippen LogP contribution in [0.4, 0.5) is 34.1 Å². The van der Waals surface area contributed by atoms with Gasteiger partial charge >= 0.3 is 0 Å². The van der Waals surface area contributed by atoms with Gasteiger partial charge in [0, 0.05) is 37.7 Å². The molecule has 0 spiro atoms. The third kappa shape index (κ3) is 10.7. The van der Waals surface area contributed by atoms with Crippen LogP contribution in [0.2, 0.25) is 0 Å². The summed E-state index contributed by atoms with van der Waals surface area (Å²) in [5.74, 6) is 0. The SMILES string of the molecule is OCCCCNc1ccc(N=Nc2ccc(/C=C/c3ccc(N=Nc4ccc(NCCCCO)cc4)cc3)cc2)cc1. The van der Waals surface area contributed by atoms with Gasteiger partial charge in [-0.1, -0.05) is 36.4 Å². The fourth-order valence-corrected chi connectivity index (χ4v) is 3.96. The van der Waals surface area contributed by atoms with E-state index >= 15 is 0 Å². The Morgan fingerprint density at radius 1 is 0.429 bits per heavy atom. The van der Waals surface area contributed by atoms with Gasteiger partial charge in [0.15, 0.2) is 0 Å². The van der Waals surface area contributed by atoms with Gasteiger partial charge in [-0.2, -0.15) is 20.5 Å². The molecule has 8 heteroatoms. The lowest BCUT2D eigenvalue weighted by Gasteiger charge is -2.05. The highest BCUT2D eigenvalue weighted by Crippen LogP contribution is 2.23. The summed E-state index contributed by atoms with van der Waals surface area (Å²) in [5, 5.41) is 41.7. The molecule has 0 saturated heterocycles. The van der Waals surface area contributed by atoms with Crippen LogP contribution in [-0.2, 0) is 0 Å². The van der Waals surface area contributed by atoms with E-state index in [4.69, 9.17) is 10.2 Å². The van der Waals surface area contributed by atoms with Crippen LogP contribution in [0.1, 0.15) is 36.8 Å². The first kappa shape index (κ1) is 30.3. The first-order valence-corrected chi connectivity index (χ1v) is 14.3. The summed E-state index contributed by atoms with van der Waals surface area (Å²) in [7, 11) is 0. The van der Waals surface area contributed by atoms with Crippen LogP contribution >= 0.6 is 0 Å². The van der Waals surface area contributed by atoms with E-state index in [1.165, 1.54) is 0 Å². The molecule has 0 heterocycles. The van der Waals surface area contributed by atoms with E-state index in [1.807, 2.05) is 97.1 Å². The summed E-state index contributed by atoms with van der Waals surface area (Å²) in [5.41, 5.74) is 7.36. The van der Waals surface area contributed by atoms with Gasteiger partial charge in [-0.25, -0.2) is 0 Å². The minimum atomic E-state index is 0.227. The number of hydrogen-bond acceptors (Lipinski definition) is 8. The molecule has 4 aromatic rings. The highest BCUT2D eigenvalue weighted by molar-refractivity contribution is 5.70. The van der Waals surface area contributed by atoms with Crippen LogP contribution in [-0.4, -0.2) is 36.5 Å². The second-order valence-electron chi connectivity index (χ2n) is 9.73. The second kappa shape index (κ2) is 17.2. The number of azo groups is 2. The van der Waals surface area contributed by atoms with E-state index in [2.05, 4.69) is 43.2 Å². The van der Waals surface area contributed by atoms with Crippen LogP contribution in [0, 0.1) is 0 Å². The molecule has 0 aliphatic heterocycles. The van der Waals surface area contributed by atoms with E-state index in [9.17, 15) is 0 Å². The van der Waals surface area contributed by atoms with Crippen molar-refractivity contribution in [1.29, 1.82) is 0 Å². The van der Waals surface area contributed by atoms with E-state index < -0.39 is 0 Å². The Morgan fingerprint density at radius 2 is 0.738 bits per heavy atom. The second-order valence-corrected chi connectivity index (χ2v) is 9.73. The maximum atomic E-state index is 8.86. The Balaban J connectivity index is 1.23. The smallest absolute Gasteiger partial charge is 0.0858 e. The molecule has 0 aliphatic rings. The van der Waals surface area contributed by atoms with Crippen molar-refractivity contribution < 1.29 is 10.2 Å². The fourth-order valence-electron chi connectivity index (χ4n) is 3.96. The van der Waals surface area contributed by atoms with Crippen molar-refractivity contribution >= 4 is 46.3 Å². The zero-order valence-corrected chi connectivity index (χ0v) is 23.7. The highest BCUT2D eigenvalue weighted by atomic mass is 16.3. The van der Waals surface area contributed by atoms with Crippen molar-refractivity contribution in [2.75, 3.05) is 36.9 Å². The Kier molecular flexibility index (Phi) is 12.4. The molecule has 0 radical (unpaired) electrons. The van der Waals surface area contributed by atoms with Gasteiger partial charge < -0.3 is 20.8 Å². The molecule has 0 bridgehead atoms. The standard InChI is InChI=1S/C34H38N6O2/c41-25-3-1-23-35-29-15-19-33(20-16-29)39-37-31-11-7-27(8-12-31)5-6-28-9-13-32(14-10-28)38-40-34-21-17-30(18-22-34)36-24-2-4-26-42/h5-22,35-36,41-42H,1-4,23-26H2/b6-5+,39-37?,40-38?. The summed E-state index contributed by atoms with van der Waals surface area (Å²) in [6.07, 6.45) is 7.60. The Labute approximate surface area is 247 Å². The summed E-state index contributed by atoms with van der Waals surface area (Å²) < 4.78 is 0. The molecular formula is C34H38N6O2. The van der Waals surface area contributed by atoms with Crippen LogP contribution in [0.15, 0.2) is 118 Å². The number of aliphatic hydroxyl groups is 2. The van der Waals surface area contributed by atoms with Gasteiger partial charge in [-0.15, -0.1) is 0 Å². The minimum Gasteiger partial charge on any atom is -0.396 e. The first-order valence-electron chi connectivity index (χ1n) is 14.3. The first-order chi connectivity index (χ1) is 20.7. The van der Waals surface area contributed by atoms with Gasteiger partial charge in [0.25, 0.3) is 0 Å². The molecule has 0 amide bonds. The molecule has 0 unspecified atom stereocenters. The number of hydrogen-bond donors (Lipinski definition) is 4. The molecule has 8 nitrogen and oxygen atoms in total. The maximum absolute atomic E-state index is 8.86. The number of nitrogens with one attached hydrogen (secondary N) is 2. The fraction of sp³-hybridized carbons (Fsp3) is 0.235. The van der Waals surface area contributed by atoms with E-state index in [-0.39, 0.29) is 13.2 Å². The highest BCUT2D eigenvalue weighted by Gasteiger charge is 1.97. The number of nitrogens with zero attached hydrogens (tertiary/aromatic N) is 4. The van der Waals surface area contributed by atoms with Crippen molar-refractivity contribution in [3.8, 4) is 0 Å². The lowest BCUT2D eigenvalue weighted by Crippen LogP contribution is -2.01. The van der Waals surface area contributed by atoms with Crippen molar-refractivity contribution in [2.24, 2.45) is 20.5 Å². The number of anilines is 2. The number of aliphatic hydroxyl groups excluding tert-OH is 2. The van der Waals surface area contributed by atoms with Gasteiger partial charge in [0.1, 0.15) is 0 Å². The number of benzene rings is 4. The molecule has 0 aliphatic carbocycles. The minimum absolute atomic E-state index is 0.227. The van der Waals surface area contributed by atoms with Crippen molar-refractivity contribution in [2.45, 2.75) is 25.7 Å². The lowest BCUT2D eigenvalue weighted by atomic mass is 10.1. The Morgan fingerprint density at radius 3 is 1.05 bits per heavy atom. The van der Waals surface area contributed by atoms with Gasteiger partial charge in [-0.05, 0) is 110 Å². The van der Waals surface area contributed by atoms with Crippen LogP contribution in [0.3, 0.4) is 0 Å². The average molecular weight is 563 g/mol. The Hall–Kier alpha value is -4.66. The molecule has 0 saturated carbocycles. The van der Waals surface area contributed by atoms with Crippen molar-refractivity contribution in [1.82, 2.24) is 0 Å². The summed E-state index contributed by atoms with van der Waals surface area (Å²) in [4.78, 5) is 0. The lowest BCUT2D eigenvalue weighted by molar-refractivity contribution is 0.286. The number of rotatable bonds is 16. The van der Waals surface area contributed by atoms with Gasteiger partial charge in [0.2, 0.25) is 0 Å². The average Bonchev–Trinajstić information content (AvgIpc) is 3.04. The molecule has 0 fully saturated rings. The summed E-state index contributed by atoms with van der Waals surface area (Å²) >= 11 is 0. The molecule has 0 atom stereocenters. The zero-order valence-electron chi connectivity index (χ0n) is 23.7. The van der Waals surface area contributed by atoms with Crippen molar-refractivity contribution in [3.63, 3.8) is 0 Å². The summed E-state index contributed by atoms with van der Waals surface area (Å²) in [6.45, 7) is 2.13. The largest absolute Gasteiger partial charge is 0.396 e. The van der Waals surface area contributed by atoms with E-state index in [1.54, 1.807) is 0 Å². The Bertz CT molecular complexity index is 1300. The maximum Gasteiger partial charge on any atom is 0.0858 e. The van der Waals surface area contributed by atoms with E-state index in [0.717, 1.165) is 84.0 Å². The molecule has 4 rings (SSSR count). The van der Waals surface area contributed by atoms with Gasteiger partial charge in [0.05, 0.1) is 22.7 Å². The molecule has 4 N–H and O–H groups in total. The molecule has 0 aromatic heterocycles. The predicted molar refractivity (Wildman–Crippen MR) is 173 cm³/mol. The molecular weight excluding hydrogens is 524 g/mol. The summed E-state index contributed by atoms with van der Waals surface area (Å²) in [6, 6.07) is 31.5. The zero-order chi connectivity index (χ0) is 29.2. The van der Waals surface area contributed by atoms with Crippen LogP contribution in [0.5, 0.6) is 0 Å². The van der Waals surface area contributed by atoms with Crippen LogP contribution in [0.25, 0.3) is 12.2 Å². The third-order valence-electron chi connectivity index (χ3n) is 6.38. The molecule has 216 valence electrons. The number of unbranched alkanes of at least 4 members (excludes halogenated alkanes) is 2. The van der Waals surface area contributed by atoms with Crippen molar-refractivity contribution in [3.05, 3.63) is 108 Å². The quantitative estimate of drug-likeness (QED) is 0.0619. The van der Waals surface area contributed by atoms with Crippen LogP contribution < -0.4 is 10.6 Å². The van der Waals surface area contributed by atoms with E-state index in [0.29, 0.717) is 0 Å². The van der Waals surface area contributed by atoms with Gasteiger partial charge in [-0.3, -0.25) is 0 Å². The molecule has 42 heavy (non-hydrogen) atoms.